The molecule has 2 heterocycles. The van der Waals surface area contributed by atoms with E-state index in [0.29, 0.717) is 5.02 Å². The number of rotatable bonds is 2. The first kappa shape index (κ1) is 14.4. The van der Waals surface area contributed by atoms with Crippen LogP contribution in [0.2, 0.25) is 5.02 Å². The van der Waals surface area contributed by atoms with Crippen LogP contribution in [-0.4, -0.2) is 17.5 Å². The Morgan fingerprint density at radius 2 is 2.29 bits per heavy atom. The molecule has 0 saturated carbocycles. The zero-order valence-electron chi connectivity index (χ0n) is 11.8. The molecule has 0 radical (unpaired) electrons. The molecule has 110 valence electrons. The van der Waals surface area contributed by atoms with E-state index in [1.165, 1.54) is 4.88 Å². The number of hydrogen-bond acceptors (Lipinski definition) is 2. The topological polar surface area (TPSA) is 32.3 Å². The summed E-state index contributed by atoms with van der Waals surface area (Å²) in [6, 6.07) is 9.88. The van der Waals surface area contributed by atoms with Gasteiger partial charge in [0.2, 0.25) is 0 Å². The number of carbonyl (C=O) groups excluding carboxylic acids is 1. The molecule has 21 heavy (non-hydrogen) atoms. The number of likely N-dealkylation sites (tertiary alicyclic amines) is 1. The van der Waals surface area contributed by atoms with Gasteiger partial charge in [-0.05, 0) is 48.9 Å². The van der Waals surface area contributed by atoms with Gasteiger partial charge in [-0.3, -0.25) is 0 Å². The molecule has 5 heteroatoms. The first-order valence-corrected chi connectivity index (χ1v) is 8.28. The number of anilines is 1. The van der Waals surface area contributed by atoms with Crippen molar-refractivity contribution < 1.29 is 4.79 Å². The van der Waals surface area contributed by atoms with Crippen LogP contribution in [0.1, 0.15) is 29.3 Å². The third kappa shape index (κ3) is 3.06. The maximum atomic E-state index is 12.5. The van der Waals surface area contributed by atoms with Gasteiger partial charge in [0.25, 0.3) is 0 Å². The number of halogens is 1. The quantitative estimate of drug-likeness (QED) is 0.822. The molecule has 2 aromatic rings. The van der Waals surface area contributed by atoms with Crippen LogP contribution in [0.25, 0.3) is 0 Å². The Bertz CT molecular complexity index is 642. The molecular formula is C16H17ClN2OS. The minimum Gasteiger partial charge on any atom is -0.317 e. The van der Waals surface area contributed by atoms with Gasteiger partial charge in [0.15, 0.2) is 0 Å². The lowest BCUT2D eigenvalue weighted by atomic mass is 10.2. The van der Waals surface area contributed by atoms with E-state index in [9.17, 15) is 4.79 Å². The molecule has 2 amide bonds. The second-order valence-electron chi connectivity index (χ2n) is 5.26. The number of nitrogens with one attached hydrogen (secondary N) is 1. The predicted molar refractivity (Wildman–Crippen MR) is 88.2 cm³/mol. The SMILES string of the molecule is Cc1ccc(NC(=O)N2CCC[C@H]2c2cccs2)cc1Cl. The van der Waals surface area contributed by atoms with Crippen molar-refractivity contribution in [2.24, 2.45) is 0 Å². The summed E-state index contributed by atoms with van der Waals surface area (Å²) in [6.07, 6.45) is 2.08. The highest BCUT2D eigenvalue weighted by Gasteiger charge is 2.30. The highest BCUT2D eigenvalue weighted by molar-refractivity contribution is 7.10. The Labute approximate surface area is 133 Å². The molecule has 3 rings (SSSR count). The van der Waals surface area contributed by atoms with E-state index in [2.05, 4.69) is 16.8 Å². The van der Waals surface area contributed by atoms with Crippen LogP contribution < -0.4 is 5.32 Å². The Balaban J connectivity index is 1.73. The van der Waals surface area contributed by atoms with Gasteiger partial charge >= 0.3 is 6.03 Å². The van der Waals surface area contributed by atoms with Gasteiger partial charge in [0.05, 0.1) is 6.04 Å². The van der Waals surface area contributed by atoms with E-state index in [1.54, 1.807) is 17.4 Å². The van der Waals surface area contributed by atoms with Crippen molar-refractivity contribution in [2.75, 3.05) is 11.9 Å². The average Bonchev–Trinajstić information content (AvgIpc) is 3.12. The normalized spacial score (nSPS) is 18.0. The summed E-state index contributed by atoms with van der Waals surface area (Å²) in [5, 5.41) is 5.68. The summed E-state index contributed by atoms with van der Waals surface area (Å²) in [7, 11) is 0. The van der Waals surface area contributed by atoms with E-state index in [1.807, 2.05) is 30.0 Å². The first-order chi connectivity index (χ1) is 10.1. The lowest BCUT2D eigenvalue weighted by molar-refractivity contribution is 0.208. The van der Waals surface area contributed by atoms with Crippen molar-refractivity contribution in [1.82, 2.24) is 4.90 Å². The van der Waals surface area contributed by atoms with Gasteiger partial charge in [0.1, 0.15) is 0 Å². The fourth-order valence-corrected chi connectivity index (χ4v) is 3.71. The molecule has 0 bridgehead atoms. The van der Waals surface area contributed by atoms with E-state index in [0.717, 1.165) is 30.6 Å². The van der Waals surface area contributed by atoms with Crippen molar-refractivity contribution >= 4 is 34.7 Å². The molecule has 1 aliphatic rings. The average molecular weight is 321 g/mol. The molecule has 0 aliphatic carbocycles. The summed E-state index contributed by atoms with van der Waals surface area (Å²) < 4.78 is 0. The number of benzene rings is 1. The van der Waals surface area contributed by atoms with Crippen molar-refractivity contribution in [3.05, 3.63) is 51.2 Å². The maximum Gasteiger partial charge on any atom is 0.322 e. The van der Waals surface area contributed by atoms with E-state index in [-0.39, 0.29) is 12.1 Å². The van der Waals surface area contributed by atoms with E-state index < -0.39 is 0 Å². The van der Waals surface area contributed by atoms with Crippen LogP contribution in [0.15, 0.2) is 35.7 Å². The molecule has 0 spiro atoms. The van der Waals surface area contributed by atoms with Crippen LogP contribution in [0.3, 0.4) is 0 Å². The number of aryl methyl sites for hydroxylation is 1. The van der Waals surface area contributed by atoms with Gasteiger partial charge in [-0.2, -0.15) is 0 Å². The zero-order valence-corrected chi connectivity index (χ0v) is 13.4. The van der Waals surface area contributed by atoms with Crippen LogP contribution in [-0.2, 0) is 0 Å². The molecule has 1 atom stereocenters. The third-order valence-electron chi connectivity index (χ3n) is 3.81. The number of hydrogen-bond donors (Lipinski definition) is 1. The Morgan fingerprint density at radius 1 is 1.43 bits per heavy atom. The van der Waals surface area contributed by atoms with Crippen molar-refractivity contribution in [1.29, 1.82) is 0 Å². The molecule has 0 unspecified atom stereocenters. The highest BCUT2D eigenvalue weighted by Crippen LogP contribution is 2.34. The molecule has 1 saturated heterocycles. The smallest absolute Gasteiger partial charge is 0.317 e. The zero-order chi connectivity index (χ0) is 14.8. The molecular weight excluding hydrogens is 304 g/mol. The standard InChI is InChI=1S/C16H17ClN2OS/c1-11-6-7-12(10-13(11)17)18-16(20)19-8-2-4-14(19)15-5-3-9-21-15/h3,5-7,9-10,14H,2,4,8H2,1H3,(H,18,20)/t14-/m0/s1. The van der Waals surface area contributed by atoms with Gasteiger partial charge < -0.3 is 10.2 Å². The minimum atomic E-state index is -0.0502. The fraction of sp³-hybridized carbons (Fsp3) is 0.312. The van der Waals surface area contributed by atoms with Gasteiger partial charge in [-0.25, -0.2) is 4.79 Å². The van der Waals surface area contributed by atoms with Crippen molar-refractivity contribution in [3.63, 3.8) is 0 Å². The van der Waals surface area contributed by atoms with Crippen LogP contribution in [0.5, 0.6) is 0 Å². The Morgan fingerprint density at radius 3 is 3.00 bits per heavy atom. The first-order valence-electron chi connectivity index (χ1n) is 7.02. The molecule has 1 N–H and O–H groups in total. The number of nitrogens with zero attached hydrogens (tertiary/aromatic N) is 1. The second kappa shape index (κ2) is 6.08. The molecule has 3 nitrogen and oxygen atoms in total. The third-order valence-corrected chi connectivity index (χ3v) is 5.19. The summed E-state index contributed by atoms with van der Waals surface area (Å²) in [4.78, 5) is 15.7. The Kier molecular flexibility index (Phi) is 4.17. The second-order valence-corrected chi connectivity index (χ2v) is 6.65. The molecule has 1 fully saturated rings. The van der Waals surface area contributed by atoms with Gasteiger partial charge in [-0.1, -0.05) is 23.7 Å². The molecule has 1 aromatic heterocycles. The molecule has 1 aromatic carbocycles. The summed E-state index contributed by atoms with van der Waals surface area (Å²) in [5.41, 5.74) is 1.75. The van der Waals surface area contributed by atoms with Crippen molar-refractivity contribution in [3.8, 4) is 0 Å². The highest BCUT2D eigenvalue weighted by atomic mass is 35.5. The minimum absolute atomic E-state index is 0.0502. The predicted octanol–water partition coefficient (Wildman–Crippen LogP) is 5.08. The number of thiophene rings is 1. The van der Waals surface area contributed by atoms with Crippen LogP contribution in [0, 0.1) is 6.92 Å². The number of urea groups is 1. The molecule has 1 aliphatic heterocycles. The fourth-order valence-electron chi connectivity index (χ4n) is 2.65. The monoisotopic (exact) mass is 320 g/mol. The maximum absolute atomic E-state index is 12.5. The number of carbonyl (C=O) groups is 1. The van der Waals surface area contributed by atoms with Gasteiger partial charge in [-0.15, -0.1) is 11.3 Å². The lowest BCUT2D eigenvalue weighted by Gasteiger charge is -2.24. The summed E-state index contributed by atoms with van der Waals surface area (Å²) in [6.45, 7) is 2.75. The van der Waals surface area contributed by atoms with Crippen LogP contribution in [0.4, 0.5) is 10.5 Å². The summed E-state index contributed by atoms with van der Waals surface area (Å²) >= 11 is 7.81. The van der Waals surface area contributed by atoms with Crippen molar-refractivity contribution in [2.45, 2.75) is 25.8 Å². The Hall–Kier alpha value is -1.52. The number of amides is 2. The summed E-state index contributed by atoms with van der Waals surface area (Å²) in [5.74, 6) is 0. The van der Waals surface area contributed by atoms with E-state index in [4.69, 9.17) is 11.6 Å². The largest absolute Gasteiger partial charge is 0.322 e. The van der Waals surface area contributed by atoms with E-state index >= 15 is 0 Å². The lowest BCUT2D eigenvalue weighted by Crippen LogP contribution is -2.34. The van der Waals surface area contributed by atoms with Gasteiger partial charge in [0, 0.05) is 22.1 Å². The van der Waals surface area contributed by atoms with Crippen LogP contribution >= 0.6 is 22.9 Å².